The lowest BCUT2D eigenvalue weighted by atomic mass is 9.63. The molecule has 1 saturated heterocycles. The number of piperidine rings is 1. The summed E-state index contributed by atoms with van der Waals surface area (Å²) >= 11 is 0. The molecule has 0 aromatic heterocycles. The fourth-order valence-electron chi connectivity index (χ4n) is 4.59. The van der Waals surface area contributed by atoms with Crippen LogP contribution in [0.25, 0.3) is 0 Å². The van der Waals surface area contributed by atoms with Crippen molar-refractivity contribution in [2.24, 2.45) is 16.7 Å². The highest BCUT2D eigenvalue weighted by Gasteiger charge is 2.41. The Morgan fingerprint density at radius 1 is 1.16 bits per heavy atom. The Morgan fingerprint density at radius 2 is 1.74 bits per heavy atom. The van der Waals surface area contributed by atoms with E-state index in [2.05, 4.69) is 32.6 Å². The molecule has 2 rings (SSSR count). The Kier molecular flexibility index (Phi) is 3.97. The molecular formula is C16H29NO2. The minimum Gasteiger partial charge on any atom is -0.481 e. The molecule has 0 aromatic carbocycles. The van der Waals surface area contributed by atoms with Crippen molar-refractivity contribution in [1.29, 1.82) is 0 Å². The Morgan fingerprint density at radius 3 is 2.26 bits per heavy atom. The van der Waals surface area contributed by atoms with E-state index < -0.39 is 5.97 Å². The molecule has 19 heavy (non-hydrogen) atoms. The summed E-state index contributed by atoms with van der Waals surface area (Å²) in [5.41, 5.74) is 0.755. The zero-order chi connectivity index (χ0) is 14.3. The number of hydrogen-bond donors (Lipinski definition) is 1. The largest absolute Gasteiger partial charge is 0.481 e. The number of carboxylic acids is 1. The van der Waals surface area contributed by atoms with Crippen molar-refractivity contribution >= 4 is 5.97 Å². The lowest BCUT2D eigenvalue weighted by molar-refractivity contribution is -0.144. The van der Waals surface area contributed by atoms with E-state index in [0.29, 0.717) is 16.9 Å². The average Bonchev–Trinajstić information content (AvgIpc) is 2.25. The number of hydrogen-bond acceptors (Lipinski definition) is 2. The lowest BCUT2D eigenvalue weighted by Gasteiger charge is -2.50. The van der Waals surface area contributed by atoms with E-state index in [9.17, 15) is 9.90 Å². The zero-order valence-corrected chi connectivity index (χ0v) is 12.9. The van der Waals surface area contributed by atoms with Gasteiger partial charge in [-0.05, 0) is 49.5 Å². The first kappa shape index (κ1) is 14.8. The van der Waals surface area contributed by atoms with Gasteiger partial charge in [-0.15, -0.1) is 0 Å². The molecule has 2 aliphatic rings. The highest BCUT2D eigenvalue weighted by atomic mass is 16.4. The summed E-state index contributed by atoms with van der Waals surface area (Å²) in [6.45, 7) is 11.3. The second-order valence-corrected chi connectivity index (χ2v) is 8.24. The molecule has 1 N–H and O–H groups in total. The molecule has 1 atom stereocenters. The van der Waals surface area contributed by atoms with Crippen LogP contribution in [0.5, 0.6) is 0 Å². The van der Waals surface area contributed by atoms with Gasteiger partial charge in [-0.2, -0.15) is 0 Å². The molecule has 0 aromatic rings. The Hall–Kier alpha value is -0.570. The molecule has 3 nitrogen and oxygen atoms in total. The van der Waals surface area contributed by atoms with Gasteiger partial charge in [-0.1, -0.05) is 27.7 Å². The minimum absolute atomic E-state index is 0.151. The number of carboxylic acid groups (broad SMARTS) is 1. The van der Waals surface area contributed by atoms with Gasteiger partial charge in [0.05, 0.1) is 5.92 Å². The van der Waals surface area contributed by atoms with Crippen LogP contribution in [0.2, 0.25) is 0 Å². The van der Waals surface area contributed by atoms with Crippen molar-refractivity contribution in [1.82, 2.24) is 4.90 Å². The topological polar surface area (TPSA) is 40.5 Å². The first-order valence-electron chi connectivity index (χ1n) is 7.65. The van der Waals surface area contributed by atoms with Crippen LogP contribution in [0.1, 0.15) is 59.8 Å². The first-order valence-corrected chi connectivity index (χ1v) is 7.65. The number of likely N-dealkylation sites (tertiary alicyclic amines) is 1. The van der Waals surface area contributed by atoms with Gasteiger partial charge >= 0.3 is 5.97 Å². The van der Waals surface area contributed by atoms with Crippen LogP contribution in [0.3, 0.4) is 0 Å². The highest BCUT2D eigenvalue weighted by molar-refractivity contribution is 5.70. The third-order valence-electron chi connectivity index (χ3n) is 4.85. The van der Waals surface area contributed by atoms with Gasteiger partial charge < -0.3 is 5.11 Å². The van der Waals surface area contributed by atoms with E-state index in [1.165, 1.54) is 19.3 Å². The van der Waals surface area contributed by atoms with E-state index in [0.717, 1.165) is 25.9 Å². The smallest absolute Gasteiger partial charge is 0.307 e. The molecule has 0 spiro atoms. The summed E-state index contributed by atoms with van der Waals surface area (Å²) in [5.74, 6) is -0.763. The third kappa shape index (κ3) is 3.71. The van der Waals surface area contributed by atoms with Gasteiger partial charge in [-0.25, -0.2) is 0 Å². The summed E-state index contributed by atoms with van der Waals surface area (Å²) in [7, 11) is 0. The Balaban J connectivity index is 2.06. The monoisotopic (exact) mass is 267 g/mol. The van der Waals surface area contributed by atoms with Gasteiger partial charge in [0.25, 0.3) is 0 Å². The number of rotatable bonds is 2. The van der Waals surface area contributed by atoms with Crippen molar-refractivity contribution in [3.05, 3.63) is 0 Å². The van der Waals surface area contributed by atoms with Crippen molar-refractivity contribution in [2.45, 2.75) is 65.8 Å². The summed E-state index contributed by atoms with van der Waals surface area (Å²) in [4.78, 5) is 13.7. The van der Waals surface area contributed by atoms with E-state index in [4.69, 9.17) is 0 Å². The van der Waals surface area contributed by atoms with Gasteiger partial charge in [0.15, 0.2) is 0 Å². The van der Waals surface area contributed by atoms with Crippen LogP contribution in [0, 0.1) is 16.7 Å². The van der Waals surface area contributed by atoms with Crippen molar-refractivity contribution < 1.29 is 9.90 Å². The molecule has 110 valence electrons. The van der Waals surface area contributed by atoms with Gasteiger partial charge in [0.1, 0.15) is 0 Å². The van der Waals surface area contributed by atoms with Gasteiger partial charge in [0, 0.05) is 12.6 Å². The van der Waals surface area contributed by atoms with E-state index in [1.807, 2.05) is 0 Å². The summed E-state index contributed by atoms with van der Waals surface area (Å²) < 4.78 is 0. The minimum atomic E-state index is -0.612. The molecule has 2 fully saturated rings. The molecule has 3 heteroatoms. The van der Waals surface area contributed by atoms with Crippen LogP contribution in [-0.2, 0) is 4.79 Å². The first-order chi connectivity index (χ1) is 8.69. The second-order valence-electron chi connectivity index (χ2n) is 8.24. The zero-order valence-electron chi connectivity index (χ0n) is 12.9. The Bertz CT molecular complexity index is 333. The summed E-state index contributed by atoms with van der Waals surface area (Å²) in [6.07, 6.45) is 5.58. The van der Waals surface area contributed by atoms with Crippen LogP contribution < -0.4 is 0 Å². The van der Waals surface area contributed by atoms with Crippen LogP contribution in [-0.4, -0.2) is 35.1 Å². The number of carbonyl (C=O) groups is 1. The molecular weight excluding hydrogens is 238 g/mol. The van der Waals surface area contributed by atoms with Crippen LogP contribution >= 0.6 is 0 Å². The SMILES string of the molecule is CC1(C)CC(N2CCCC(C(=O)O)C2)CC(C)(C)C1. The normalized spacial score (nSPS) is 32.1. The standard InChI is InChI=1S/C16H29NO2/c1-15(2)8-13(9-16(3,4)11-15)17-7-5-6-12(10-17)14(18)19/h12-13H,5-11H2,1-4H3,(H,18,19). The quantitative estimate of drug-likeness (QED) is 0.833. The number of nitrogens with zero attached hydrogens (tertiary/aromatic N) is 1. The molecule has 1 aliphatic heterocycles. The van der Waals surface area contributed by atoms with Crippen molar-refractivity contribution in [2.75, 3.05) is 13.1 Å². The predicted octanol–water partition coefficient (Wildman–Crippen LogP) is 3.39. The fourth-order valence-corrected chi connectivity index (χ4v) is 4.59. The third-order valence-corrected chi connectivity index (χ3v) is 4.85. The molecule has 0 radical (unpaired) electrons. The summed E-state index contributed by atoms with van der Waals surface area (Å²) in [5, 5.41) is 9.23. The van der Waals surface area contributed by atoms with Crippen LogP contribution in [0.4, 0.5) is 0 Å². The molecule has 0 bridgehead atoms. The van der Waals surface area contributed by atoms with Gasteiger partial charge in [-0.3, -0.25) is 9.69 Å². The molecule has 0 amide bonds. The van der Waals surface area contributed by atoms with Crippen molar-refractivity contribution in [3.8, 4) is 0 Å². The molecule has 1 heterocycles. The summed E-state index contributed by atoms with van der Waals surface area (Å²) in [6, 6.07) is 0.570. The molecule has 1 aliphatic carbocycles. The molecule has 1 saturated carbocycles. The maximum absolute atomic E-state index is 11.2. The van der Waals surface area contributed by atoms with E-state index in [-0.39, 0.29) is 5.92 Å². The predicted molar refractivity (Wildman–Crippen MR) is 77.1 cm³/mol. The fraction of sp³-hybridized carbons (Fsp3) is 0.938. The van der Waals surface area contributed by atoms with Gasteiger partial charge in [0.2, 0.25) is 0 Å². The van der Waals surface area contributed by atoms with Crippen molar-refractivity contribution in [3.63, 3.8) is 0 Å². The Labute approximate surface area is 117 Å². The second kappa shape index (κ2) is 5.08. The highest BCUT2D eigenvalue weighted by Crippen LogP contribution is 2.47. The van der Waals surface area contributed by atoms with E-state index in [1.54, 1.807) is 0 Å². The maximum atomic E-state index is 11.2. The molecule has 1 unspecified atom stereocenters. The van der Waals surface area contributed by atoms with E-state index >= 15 is 0 Å². The number of aliphatic carboxylic acids is 1. The maximum Gasteiger partial charge on any atom is 0.307 e. The average molecular weight is 267 g/mol. The lowest BCUT2D eigenvalue weighted by Crippen LogP contribution is -2.50. The van der Waals surface area contributed by atoms with Crippen LogP contribution in [0.15, 0.2) is 0 Å².